The maximum atomic E-state index is 13.1. The zero-order valence-corrected chi connectivity index (χ0v) is 13.2. The highest BCUT2D eigenvalue weighted by molar-refractivity contribution is 9.10. The third kappa shape index (κ3) is 3.55. The molecule has 104 valence electrons. The number of hydrogen-bond donors (Lipinski definition) is 1. The van der Waals surface area contributed by atoms with Gasteiger partial charge in [-0.2, -0.15) is 0 Å². The van der Waals surface area contributed by atoms with Crippen LogP contribution in [-0.4, -0.2) is 4.92 Å². The molecular weight excluding hydrogens is 395 g/mol. The van der Waals surface area contributed by atoms with Gasteiger partial charge in [-0.15, -0.1) is 0 Å². The summed E-state index contributed by atoms with van der Waals surface area (Å²) in [5, 5.41) is 14.0. The van der Waals surface area contributed by atoms with Crippen molar-refractivity contribution in [2.24, 2.45) is 0 Å². The van der Waals surface area contributed by atoms with Gasteiger partial charge in [0.2, 0.25) is 0 Å². The Morgan fingerprint density at radius 2 is 1.95 bits per heavy atom. The number of nitrogens with one attached hydrogen (secondary N) is 1. The molecule has 0 radical (unpaired) electrons. The van der Waals surface area contributed by atoms with Gasteiger partial charge < -0.3 is 5.32 Å². The average molecular weight is 404 g/mol. The molecule has 4 nitrogen and oxygen atoms in total. The number of nitro benzene ring substituents is 1. The van der Waals surface area contributed by atoms with E-state index in [4.69, 9.17) is 0 Å². The second-order valence-corrected chi connectivity index (χ2v) is 5.78. The predicted octanol–water partition coefficient (Wildman–Crippen LogP) is 4.87. The molecule has 0 atom stereocenters. The van der Waals surface area contributed by atoms with Crippen LogP contribution >= 0.6 is 31.9 Å². The van der Waals surface area contributed by atoms with Crippen molar-refractivity contribution in [3.63, 3.8) is 0 Å². The lowest BCUT2D eigenvalue weighted by Crippen LogP contribution is -2.03. The lowest BCUT2D eigenvalue weighted by molar-refractivity contribution is -0.385. The zero-order chi connectivity index (χ0) is 14.7. The van der Waals surface area contributed by atoms with E-state index in [1.165, 1.54) is 12.1 Å². The van der Waals surface area contributed by atoms with E-state index in [-0.39, 0.29) is 18.0 Å². The van der Waals surface area contributed by atoms with Crippen LogP contribution in [0, 0.1) is 15.9 Å². The standard InChI is InChI=1S/C13H9Br2FN2O2/c14-9-1-4-13(18(19)20)8(5-9)7-17-10-2-3-12(16)11(15)6-10/h1-6,17H,7H2. The molecule has 1 N–H and O–H groups in total. The summed E-state index contributed by atoms with van der Waals surface area (Å²) in [7, 11) is 0. The molecule has 20 heavy (non-hydrogen) atoms. The van der Waals surface area contributed by atoms with Crippen molar-refractivity contribution in [1.29, 1.82) is 0 Å². The van der Waals surface area contributed by atoms with Crippen LogP contribution in [0.4, 0.5) is 15.8 Å². The molecule has 0 spiro atoms. The third-order valence-corrected chi connectivity index (χ3v) is 3.74. The van der Waals surface area contributed by atoms with Gasteiger partial charge in [-0.25, -0.2) is 4.39 Å². The summed E-state index contributed by atoms with van der Waals surface area (Å²) in [6.45, 7) is 0.272. The summed E-state index contributed by atoms with van der Waals surface area (Å²) in [6, 6.07) is 9.23. The molecule has 0 unspecified atom stereocenters. The van der Waals surface area contributed by atoms with Crippen molar-refractivity contribution in [3.05, 3.63) is 66.8 Å². The van der Waals surface area contributed by atoms with Crippen LogP contribution < -0.4 is 5.32 Å². The van der Waals surface area contributed by atoms with E-state index in [2.05, 4.69) is 37.2 Å². The normalized spacial score (nSPS) is 10.3. The second kappa shape index (κ2) is 6.32. The minimum atomic E-state index is -0.427. The molecule has 0 saturated heterocycles. The van der Waals surface area contributed by atoms with Gasteiger partial charge in [-0.1, -0.05) is 15.9 Å². The number of nitro groups is 1. The van der Waals surface area contributed by atoms with Gasteiger partial charge in [0.15, 0.2) is 0 Å². The molecular formula is C13H9Br2FN2O2. The fourth-order valence-corrected chi connectivity index (χ4v) is 2.46. The fourth-order valence-electron chi connectivity index (χ4n) is 1.68. The largest absolute Gasteiger partial charge is 0.381 e. The van der Waals surface area contributed by atoms with Crippen LogP contribution in [0.25, 0.3) is 0 Å². The maximum Gasteiger partial charge on any atom is 0.274 e. The lowest BCUT2D eigenvalue weighted by atomic mass is 10.2. The lowest BCUT2D eigenvalue weighted by Gasteiger charge is -2.08. The van der Waals surface area contributed by atoms with Crippen molar-refractivity contribution >= 4 is 43.2 Å². The Morgan fingerprint density at radius 3 is 2.60 bits per heavy atom. The monoisotopic (exact) mass is 402 g/mol. The Bertz CT molecular complexity index is 665. The summed E-state index contributed by atoms with van der Waals surface area (Å²) in [5.74, 6) is -0.357. The highest BCUT2D eigenvalue weighted by atomic mass is 79.9. The molecule has 0 aromatic heterocycles. The van der Waals surface area contributed by atoms with Crippen LogP contribution in [0.3, 0.4) is 0 Å². The number of rotatable bonds is 4. The van der Waals surface area contributed by atoms with Gasteiger partial charge in [0, 0.05) is 28.3 Å². The van der Waals surface area contributed by atoms with Gasteiger partial charge in [0.1, 0.15) is 5.82 Å². The predicted molar refractivity (Wildman–Crippen MR) is 82.2 cm³/mol. The summed E-state index contributed by atoms with van der Waals surface area (Å²) < 4.78 is 14.2. The number of benzene rings is 2. The molecule has 0 saturated carbocycles. The van der Waals surface area contributed by atoms with Crippen molar-refractivity contribution < 1.29 is 9.31 Å². The molecule has 2 aromatic carbocycles. The van der Waals surface area contributed by atoms with Crippen molar-refractivity contribution in [1.82, 2.24) is 0 Å². The van der Waals surface area contributed by atoms with Crippen LogP contribution in [0.1, 0.15) is 5.56 Å². The van der Waals surface area contributed by atoms with E-state index >= 15 is 0 Å². The van der Waals surface area contributed by atoms with Gasteiger partial charge in [-0.3, -0.25) is 10.1 Å². The number of nitrogens with zero attached hydrogens (tertiary/aromatic N) is 1. The fraction of sp³-hybridized carbons (Fsp3) is 0.0769. The molecule has 2 aromatic rings. The Morgan fingerprint density at radius 1 is 1.20 bits per heavy atom. The first-order chi connectivity index (χ1) is 9.47. The van der Waals surface area contributed by atoms with Crippen LogP contribution in [0.15, 0.2) is 45.3 Å². The number of halogens is 3. The summed E-state index contributed by atoms with van der Waals surface area (Å²) in [6.07, 6.45) is 0. The molecule has 0 bridgehead atoms. The molecule has 0 aliphatic heterocycles. The molecule has 0 aliphatic carbocycles. The first kappa shape index (κ1) is 14.9. The van der Waals surface area contributed by atoms with E-state index in [0.29, 0.717) is 15.7 Å². The zero-order valence-electron chi connectivity index (χ0n) is 10.1. The van der Waals surface area contributed by atoms with Crippen molar-refractivity contribution in [3.8, 4) is 0 Å². The SMILES string of the molecule is O=[N+]([O-])c1ccc(Br)cc1CNc1ccc(F)c(Br)c1. The first-order valence-electron chi connectivity index (χ1n) is 5.59. The number of hydrogen-bond acceptors (Lipinski definition) is 3. The summed E-state index contributed by atoms with van der Waals surface area (Å²) in [5.41, 5.74) is 1.26. The molecule has 0 aliphatic rings. The third-order valence-electron chi connectivity index (χ3n) is 2.64. The molecule has 7 heteroatoms. The highest BCUT2D eigenvalue weighted by Gasteiger charge is 2.13. The maximum absolute atomic E-state index is 13.1. The minimum absolute atomic E-state index is 0.0434. The van der Waals surface area contributed by atoms with Gasteiger partial charge in [0.05, 0.1) is 9.40 Å². The molecule has 0 heterocycles. The minimum Gasteiger partial charge on any atom is -0.381 e. The number of anilines is 1. The van der Waals surface area contributed by atoms with Gasteiger partial charge in [0.25, 0.3) is 5.69 Å². The van der Waals surface area contributed by atoms with E-state index in [9.17, 15) is 14.5 Å². The van der Waals surface area contributed by atoms with Gasteiger partial charge in [-0.05, 0) is 46.3 Å². The van der Waals surface area contributed by atoms with Gasteiger partial charge >= 0.3 is 0 Å². The molecule has 0 fully saturated rings. The van der Waals surface area contributed by atoms with Crippen LogP contribution in [0.2, 0.25) is 0 Å². The van der Waals surface area contributed by atoms with E-state index in [1.807, 2.05) is 0 Å². The Labute approximate surface area is 131 Å². The summed E-state index contributed by atoms with van der Waals surface area (Å²) in [4.78, 5) is 10.5. The van der Waals surface area contributed by atoms with Crippen LogP contribution in [0.5, 0.6) is 0 Å². The Hall–Kier alpha value is -1.47. The average Bonchev–Trinajstić information content (AvgIpc) is 2.40. The first-order valence-corrected chi connectivity index (χ1v) is 7.17. The highest BCUT2D eigenvalue weighted by Crippen LogP contribution is 2.25. The second-order valence-electron chi connectivity index (χ2n) is 4.01. The topological polar surface area (TPSA) is 55.2 Å². The quantitative estimate of drug-likeness (QED) is 0.585. The molecule has 2 rings (SSSR count). The van der Waals surface area contributed by atoms with Crippen molar-refractivity contribution in [2.75, 3.05) is 5.32 Å². The smallest absolute Gasteiger partial charge is 0.274 e. The molecule has 0 amide bonds. The van der Waals surface area contributed by atoms with E-state index in [0.717, 1.165) is 4.47 Å². The van der Waals surface area contributed by atoms with E-state index in [1.54, 1.807) is 24.3 Å². The van der Waals surface area contributed by atoms with Crippen molar-refractivity contribution in [2.45, 2.75) is 6.54 Å². The van der Waals surface area contributed by atoms with Crippen LogP contribution in [-0.2, 0) is 6.54 Å². The Balaban J connectivity index is 2.20. The van der Waals surface area contributed by atoms with E-state index < -0.39 is 4.92 Å². The Kier molecular flexibility index (Phi) is 4.72. The summed E-state index contributed by atoms with van der Waals surface area (Å²) >= 11 is 6.38.